The van der Waals surface area contributed by atoms with E-state index >= 15 is 0 Å². The maximum absolute atomic E-state index is 12.5. The summed E-state index contributed by atoms with van der Waals surface area (Å²) < 4.78 is 2.40. The number of hydrogen-bond donors (Lipinski definition) is 0. The van der Waals surface area contributed by atoms with Gasteiger partial charge >= 0.3 is 0 Å². The van der Waals surface area contributed by atoms with Crippen molar-refractivity contribution in [2.75, 3.05) is 13.1 Å². The van der Waals surface area contributed by atoms with Crippen molar-refractivity contribution in [1.29, 1.82) is 0 Å². The van der Waals surface area contributed by atoms with Gasteiger partial charge in [-0.15, -0.1) is 0 Å². The summed E-state index contributed by atoms with van der Waals surface area (Å²) in [5, 5.41) is 0. The molecule has 1 aromatic carbocycles. The summed E-state index contributed by atoms with van der Waals surface area (Å²) in [5.74, 6) is 2.81. The van der Waals surface area contributed by atoms with Gasteiger partial charge in [-0.3, -0.25) is 4.79 Å². The van der Waals surface area contributed by atoms with Crippen LogP contribution in [-0.2, 0) is 17.8 Å². The van der Waals surface area contributed by atoms with Crippen LogP contribution in [0.15, 0.2) is 36.5 Å². The predicted octanol–water partition coefficient (Wildman–Crippen LogP) is 3.55. The van der Waals surface area contributed by atoms with Crippen LogP contribution in [0.4, 0.5) is 0 Å². The second-order valence-electron chi connectivity index (χ2n) is 7.62. The van der Waals surface area contributed by atoms with Crippen LogP contribution in [0.25, 0.3) is 0 Å². The Kier molecular flexibility index (Phi) is 4.60. The number of aryl methyl sites for hydroxylation is 2. The third-order valence-corrected chi connectivity index (χ3v) is 5.58. The van der Waals surface area contributed by atoms with E-state index in [0.29, 0.717) is 24.2 Å². The Bertz CT molecular complexity index is 733. The van der Waals surface area contributed by atoms with Gasteiger partial charge in [-0.05, 0) is 44.1 Å². The molecule has 0 N–H and O–H groups in total. The number of nitrogens with zero attached hydrogens (tertiary/aromatic N) is 3. The topological polar surface area (TPSA) is 38.1 Å². The van der Waals surface area contributed by atoms with Crippen LogP contribution in [0, 0.1) is 12.8 Å². The Morgan fingerprint density at radius 3 is 2.76 bits per heavy atom. The van der Waals surface area contributed by atoms with Gasteiger partial charge in [0.15, 0.2) is 0 Å². The van der Waals surface area contributed by atoms with Gasteiger partial charge in [-0.2, -0.15) is 0 Å². The molecule has 2 aliphatic rings. The summed E-state index contributed by atoms with van der Waals surface area (Å²) in [6, 6.07) is 10.3. The van der Waals surface area contributed by atoms with Gasteiger partial charge in [0.05, 0.1) is 0 Å². The molecule has 0 radical (unpaired) electrons. The molecule has 1 saturated heterocycles. The first-order chi connectivity index (χ1) is 12.2. The molecule has 1 saturated carbocycles. The van der Waals surface area contributed by atoms with E-state index < -0.39 is 0 Å². The van der Waals surface area contributed by atoms with Crippen molar-refractivity contribution in [2.24, 2.45) is 5.92 Å². The van der Waals surface area contributed by atoms with Crippen LogP contribution in [0.1, 0.15) is 48.7 Å². The van der Waals surface area contributed by atoms with Crippen molar-refractivity contribution < 1.29 is 4.79 Å². The Morgan fingerprint density at radius 2 is 2.00 bits per heavy atom. The molecular formula is C21H27N3O. The Balaban J connectivity index is 1.31. The summed E-state index contributed by atoms with van der Waals surface area (Å²) in [6.45, 7) is 4.97. The highest BCUT2D eigenvalue weighted by Gasteiger charge is 2.31. The fourth-order valence-electron chi connectivity index (χ4n) is 3.90. The molecule has 2 aromatic rings. The quantitative estimate of drug-likeness (QED) is 0.808. The molecule has 4 heteroatoms. The zero-order valence-corrected chi connectivity index (χ0v) is 15.0. The van der Waals surface area contributed by atoms with E-state index in [0.717, 1.165) is 32.5 Å². The third kappa shape index (κ3) is 3.78. The van der Waals surface area contributed by atoms with Crippen molar-refractivity contribution in [3.8, 4) is 0 Å². The fraction of sp³-hybridized carbons (Fsp3) is 0.524. The van der Waals surface area contributed by atoms with Gasteiger partial charge < -0.3 is 9.47 Å². The largest absolute Gasteiger partial charge is 0.342 e. The van der Waals surface area contributed by atoms with E-state index in [4.69, 9.17) is 0 Å². The normalized spacial score (nSPS) is 20.2. The molecule has 4 rings (SSSR count). The molecule has 2 heterocycles. The van der Waals surface area contributed by atoms with Gasteiger partial charge in [-0.25, -0.2) is 4.98 Å². The highest BCUT2D eigenvalue weighted by Crippen LogP contribution is 2.40. The second-order valence-corrected chi connectivity index (χ2v) is 7.62. The maximum atomic E-state index is 12.5. The number of carbonyl (C=O) groups is 1. The lowest BCUT2D eigenvalue weighted by Gasteiger charge is -2.18. The number of likely N-dealkylation sites (tertiary alicyclic amines) is 1. The lowest BCUT2D eigenvalue weighted by Crippen LogP contribution is -2.29. The maximum Gasteiger partial charge on any atom is 0.222 e. The lowest BCUT2D eigenvalue weighted by atomic mass is 10.1. The molecule has 132 valence electrons. The second kappa shape index (κ2) is 7.03. The van der Waals surface area contributed by atoms with Crippen LogP contribution in [-0.4, -0.2) is 33.4 Å². The van der Waals surface area contributed by atoms with Crippen molar-refractivity contribution >= 4 is 5.91 Å². The van der Waals surface area contributed by atoms with Crippen molar-refractivity contribution in [3.05, 3.63) is 53.6 Å². The molecule has 1 aliphatic heterocycles. The van der Waals surface area contributed by atoms with Crippen LogP contribution < -0.4 is 0 Å². The Hall–Kier alpha value is -2.10. The van der Waals surface area contributed by atoms with Gasteiger partial charge in [0, 0.05) is 43.9 Å². The minimum Gasteiger partial charge on any atom is -0.342 e. The first-order valence-corrected chi connectivity index (χ1v) is 9.54. The van der Waals surface area contributed by atoms with E-state index in [2.05, 4.69) is 33.5 Å². The summed E-state index contributed by atoms with van der Waals surface area (Å²) in [4.78, 5) is 19.2. The number of rotatable bonds is 6. The van der Waals surface area contributed by atoms with Gasteiger partial charge in [0.2, 0.25) is 5.91 Å². The van der Waals surface area contributed by atoms with Crippen LogP contribution in [0.3, 0.4) is 0 Å². The molecular weight excluding hydrogens is 310 g/mol. The monoisotopic (exact) mass is 337 g/mol. The summed E-state index contributed by atoms with van der Waals surface area (Å²) in [6.07, 6.45) is 7.14. The number of imidazole rings is 1. The van der Waals surface area contributed by atoms with E-state index in [-0.39, 0.29) is 0 Å². The fourth-order valence-corrected chi connectivity index (χ4v) is 3.90. The van der Waals surface area contributed by atoms with Gasteiger partial charge in [-0.1, -0.05) is 30.3 Å². The zero-order valence-electron chi connectivity index (χ0n) is 15.0. The molecule has 1 amide bonds. The lowest BCUT2D eigenvalue weighted by molar-refractivity contribution is -0.130. The minimum atomic E-state index is 0.302. The van der Waals surface area contributed by atoms with Gasteiger partial charge in [0.25, 0.3) is 0 Å². The smallest absolute Gasteiger partial charge is 0.222 e. The SMILES string of the molecule is Cc1cnc(C2CC2)n1CC1CCN(C(=O)CCc2ccccc2)C1. The van der Waals surface area contributed by atoms with E-state index in [1.54, 1.807) is 0 Å². The van der Waals surface area contributed by atoms with E-state index in [1.165, 1.54) is 29.9 Å². The molecule has 1 aromatic heterocycles. The number of hydrogen-bond acceptors (Lipinski definition) is 2. The predicted molar refractivity (Wildman–Crippen MR) is 98.4 cm³/mol. The van der Waals surface area contributed by atoms with Crippen molar-refractivity contribution in [2.45, 2.75) is 51.5 Å². The number of amides is 1. The first kappa shape index (κ1) is 16.4. The van der Waals surface area contributed by atoms with Crippen molar-refractivity contribution in [1.82, 2.24) is 14.5 Å². The minimum absolute atomic E-state index is 0.302. The molecule has 1 atom stereocenters. The number of carbonyl (C=O) groups excluding carboxylic acids is 1. The van der Waals surface area contributed by atoms with E-state index in [9.17, 15) is 4.79 Å². The zero-order chi connectivity index (χ0) is 17.2. The number of benzene rings is 1. The molecule has 25 heavy (non-hydrogen) atoms. The molecule has 1 aliphatic carbocycles. The van der Waals surface area contributed by atoms with Gasteiger partial charge in [0.1, 0.15) is 5.82 Å². The first-order valence-electron chi connectivity index (χ1n) is 9.54. The molecule has 1 unspecified atom stereocenters. The van der Waals surface area contributed by atoms with Crippen LogP contribution in [0.5, 0.6) is 0 Å². The Morgan fingerprint density at radius 1 is 1.20 bits per heavy atom. The third-order valence-electron chi connectivity index (χ3n) is 5.58. The summed E-state index contributed by atoms with van der Waals surface area (Å²) >= 11 is 0. The van der Waals surface area contributed by atoms with Crippen LogP contribution in [0.2, 0.25) is 0 Å². The molecule has 0 spiro atoms. The van der Waals surface area contributed by atoms with Crippen LogP contribution >= 0.6 is 0 Å². The average Bonchev–Trinajstić information content (AvgIpc) is 3.26. The highest BCUT2D eigenvalue weighted by atomic mass is 16.2. The molecule has 4 nitrogen and oxygen atoms in total. The molecule has 2 fully saturated rings. The van der Waals surface area contributed by atoms with E-state index in [1.807, 2.05) is 24.4 Å². The Labute approximate surface area is 149 Å². The average molecular weight is 337 g/mol. The summed E-state index contributed by atoms with van der Waals surface area (Å²) in [5.41, 5.74) is 2.51. The highest BCUT2D eigenvalue weighted by molar-refractivity contribution is 5.76. The standard InChI is InChI=1S/C21H27N3O/c1-16-13-22-21(19-8-9-19)24(16)15-18-11-12-23(14-18)20(25)10-7-17-5-3-2-4-6-17/h2-6,13,18-19H,7-12,14-15H2,1H3. The molecule has 0 bridgehead atoms. The number of aromatic nitrogens is 2. The van der Waals surface area contributed by atoms with Crippen molar-refractivity contribution in [3.63, 3.8) is 0 Å². The summed E-state index contributed by atoms with van der Waals surface area (Å²) in [7, 11) is 0.